The molecule has 2 aromatic rings. The minimum Gasteiger partial charge on any atom is -1.00 e. The summed E-state index contributed by atoms with van der Waals surface area (Å²) in [5, 5.41) is 3.97. The van der Waals surface area contributed by atoms with Crippen LogP contribution in [-0.4, -0.2) is 63.0 Å². The number of hydrogen-bond donors (Lipinski definition) is 1. The molecule has 1 N–H and O–H groups in total. The van der Waals surface area contributed by atoms with Crippen LogP contribution in [0.15, 0.2) is 33.5 Å². The topological polar surface area (TPSA) is 60.7 Å². The van der Waals surface area contributed by atoms with Gasteiger partial charge in [0, 0.05) is 5.39 Å². The van der Waals surface area contributed by atoms with Crippen LogP contribution in [-0.2, 0) is 4.74 Å². The van der Waals surface area contributed by atoms with Crippen LogP contribution < -0.4 is 39.7 Å². The molecule has 0 aliphatic carbocycles. The standard InChI is InChI=1S/C18H22N2O4S.HI/c1-20(8-10-23-11-9-20)7-6-19-17(25)14-12-13-4-3-5-15(22-2)16(13)24-18(14)21;/h3-5,12H,6-11H2,1-2H3;1H. The number of hydrogen-bond acceptors (Lipinski definition) is 5. The maximum atomic E-state index is 12.3. The summed E-state index contributed by atoms with van der Waals surface area (Å²) >= 11 is 5.40. The molecule has 1 aliphatic heterocycles. The lowest BCUT2D eigenvalue weighted by Gasteiger charge is -2.37. The Bertz CT molecular complexity index is 834. The Balaban J connectivity index is 0.00000243. The molecule has 142 valence electrons. The first-order chi connectivity index (χ1) is 12.0. The van der Waals surface area contributed by atoms with Gasteiger partial charge in [-0.1, -0.05) is 24.4 Å². The van der Waals surface area contributed by atoms with E-state index in [1.165, 1.54) is 0 Å². The van der Waals surface area contributed by atoms with E-state index in [0.29, 0.717) is 28.4 Å². The van der Waals surface area contributed by atoms with Gasteiger partial charge in [0.15, 0.2) is 11.3 Å². The fourth-order valence-corrected chi connectivity index (χ4v) is 3.22. The maximum Gasteiger partial charge on any atom is 0.346 e. The van der Waals surface area contributed by atoms with Crippen LogP contribution in [0, 0.1) is 0 Å². The highest BCUT2D eigenvalue weighted by Crippen LogP contribution is 2.24. The summed E-state index contributed by atoms with van der Waals surface area (Å²) in [6, 6.07) is 7.23. The predicted molar refractivity (Wildman–Crippen MR) is 100 cm³/mol. The summed E-state index contributed by atoms with van der Waals surface area (Å²) in [5.74, 6) is 0.532. The van der Waals surface area contributed by atoms with Crippen molar-refractivity contribution in [2.45, 2.75) is 0 Å². The normalized spacial score (nSPS) is 15.9. The van der Waals surface area contributed by atoms with Gasteiger partial charge in [0.05, 0.1) is 46.0 Å². The van der Waals surface area contributed by atoms with Crippen molar-refractivity contribution in [2.24, 2.45) is 0 Å². The maximum absolute atomic E-state index is 12.3. The SMILES string of the molecule is COc1cccc2cc(C(=S)NCC[N+]3(C)CCOCC3)c(=O)oc12.[I-]. The monoisotopic (exact) mass is 490 g/mol. The summed E-state index contributed by atoms with van der Waals surface area (Å²) in [6.07, 6.45) is 0. The zero-order chi connectivity index (χ0) is 17.9. The lowest BCUT2D eigenvalue weighted by atomic mass is 10.1. The lowest BCUT2D eigenvalue weighted by Crippen LogP contribution is -3.00. The van der Waals surface area contributed by atoms with Gasteiger partial charge in [0.25, 0.3) is 0 Å². The number of methoxy groups -OCH3 is 1. The van der Waals surface area contributed by atoms with Crippen LogP contribution in [0.4, 0.5) is 0 Å². The van der Waals surface area contributed by atoms with Crippen LogP contribution >= 0.6 is 12.2 Å². The molecule has 2 heterocycles. The van der Waals surface area contributed by atoms with E-state index < -0.39 is 5.63 Å². The molecular formula is C18H23IN2O4S. The lowest BCUT2D eigenvalue weighted by molar-refractivity contribution is -0.915. The molecule has 3 rings (SSSR count). The Labute approximate surface area is 175 Å². The highest BCUT2D eigenvalue weighted by Gasteiger charge is 2.24. The fraction of sp³-hybridized carbons (Fsp3) is 0.444. The van der Waals surface area contributed by atoms with Gasteiger partial charge in [0.1, 0.15) is 18.1 Å². The second kappa shape index (κ2) is 9.12. The van der Waals surface area contributed by atoms with Crippen LogP contribution in [0.1, 0.15) is 5.56 Å². The second-order valence-corrected chi connectivity index (χ2v) is 6.89. The Hall–Kier alpha value is -1.23. The number of halogens is 1. The highest BCUT2D eigenvalue weighted by molar-refractivity contribution is 7.80. The molecule has 0 saturated carbocycles. The predicted octanol–water partition coefficient (Wildman–Crippen LogP) is -1.45. The molecule has 1 aromatic heterocycles. The molecule has 0 bridgehead atoms. The van der Waals surface area contributed by atoms with Gasteiger partial charge in [0.2, 0.25) is 0 Å². The smallest absolute Gasteiger partial charge is 0.346 e. The van der Waals surface area contributed by atoms with Gasteiger partial charge in [-0.15, -0.1) is 0 Å². The molecule has 1 fully saturated rings. The molecular weight excluding hydrogens is 467 g/mol. The van der Waals surface area contributed by atoms with Gasteiger partial charge in [-0.2, -0.15) is 0 Å². The van der Waals surface area contributed by atoms with Crippen LogP contribution in [0.3, 0.4) is 0 Å². The summed E-state index contributed by atoms with van der Waals surface area (Å²) in [4.78, 5) is 12.7. The molecule has 8 heteroatoms. The minimum atomic E-state index is -0.457. The number of para-hydroxylation sites is 1. The zero-order valence-electron chi connectivity index (χ0n) is 14.9. The third-order valence-electron chi connectivity index (χ3n) is 4.68. The van der Waals surface area contributed by atoms with E-state index in [0.717, 1.165) is 42.7 Å². The average molecular weight is 490 g/mol. The van der Waals surface area contributed by atoms with E-state index in [1.807, 2.05) is 12.1 Å². The van der Waals surface area contributed by atoms with Gasteiger partial charge < -0.3 is 47.7 Å². The van der Waals surface area contributed by atoms with Gasteiger partial charge >= 0.3 is 5.63 Å². The Morgan fingerprint density at radius 3 is 2.77 bits per heavy atom. The Kier molecular flexibility index (Phi) is 7.39. The van der Waals surface area contributed by atoms with E-state index >= 15 is 0 Å². The Morgan fingerprint density at radius 2 is 2.08 bits per heavy atom. The highest BCUT2D eigenvalue weighted by atomic mass is 127. The number of nitrogens with zero attached hydrogens (tertiary/aromatic N) is 1. The van der Waals surface area contributed by atoms with E-state index in [2.05, 4.69) is 12.4 Å². The molecule has 0 unspecified atom stereocenters. The molecule has 1 saturated heterocycles. The third kappa shape index (κ3) is 4.73. The van der Waals surface area contributed by atoms with Crippen LogP contribution in [0.2, 0.25) is 0 Å². The number of thiocarbonyl (C=S) groups is 1. The number of rotatable bonds is 5. The van der Waals surface area contributed by atoms with Crippen LogP contribution in [0.25, 0.3) is 11.0 Å². The number of benzene rings is 1. The summed E-state index contributed by atoms with van der Waals surface area (Å²) in [7, 11) is 3.76. The van der Waals surface area contributed by atoms with E-state index in [-0.39, 0.29) is 24.0 Å². The van der Waals surface area contributed by atoms with E-state index in [9.17, 15) is 4.79 Å². The minimum absolute atomic E-state index is 0. The Morgan fingerprint density at radius 1 is 1.35 bits per heavy atom. The summed E-state index contributed by atoms with van der Waals surface area (Å²) in [6.45, 7) is 5.19. The fourth-order valence-electron chi connectivity index (χ4n) is 2.98. The molecule has 0 spiro atoms. The van der Waals surface area contributed by atoms with E-state index in [4.69, 9.17) is 26.1 Å². The summed E-state index contributed by atoms with van der Waals surface area (Å²) in [5.41, 5.74) is 0.356. The van der Waals surface area contributed by atoms with Crippen molar-refractivity contribution in [3.05, 3.63) is 40.2 Å². The third-order valence-corrected chi connectivity index (χ3v) is 5.04. The first kappa shape index (κ1) is 21.1. The van der Waals surface area contributed by atoms with Crippen molar-refractivity contribution < 1.29 is 42.4 Å². The molecule has 1 aliphatic rings. The zero-order valence-corrected chi connectivity index (χ0v) is 17.9. The van der Waals surface area contributed by atoms with Crippen molar-refractivity contribution in [1.29, 1.82) is 0 Å². The average Bonchev–Trinajstić information content (AvgIpc) is 2.61. The van der Waals surface area contributed by atoms with Crippen molar-refractivity contribution >= 4 is 28.2 Å². The number of ether oxygens (including phenoxy) is 2. The largest absolute Gasteiger partial charge is 1.00 e. The van der Waals surface area contributed by atoms with Gasteiger partial charge in [-0.05, 0) is 12.1 Å². The summed E-state index contributed by atoms with van der Waals surface area (Å²) < 4.78 is 17.0. The molecule has 6 nitrogen and oxygen atoms in total. The van der Waals surface area contributed by atoms with E-state index in [1.54, 1.807) is 19.2 Å². The van der Waals surface area contributed by atoms with Crippen molar-refractivity contribution in [3.63, 3.8) is 0 Å². The van der Waals surface area contributed by atoms with Crippen LogP contribution in [0.5, 0.6) is 5.75 Å². The van der Waals surface area contributed by atoms with Gasteiger partial charge in [-0.25, -0.2) is 4.79 Å². The number of quaternary nitrogens is 1. The second-order valence-electron chi connectivity index (χ2n) is 6.48. The number of likely N-dealkylation sites (N-methyl/N-ethyl adjacent to an activating group) is 1. The number of morpholine rings is 1. The molecule has 0 amide bonds. The number of nitrogens with one attached hydrogen (secondary N) is 1. The molecule has 0 radical (unpaired) electrons. The quantitative estimate of drug-likeness (QED) is 0.240. The molecule has 1 aromatic carbocycles. The first-order valence-corrected chi connectivity index (χ1v) is 8.74. The van der Waals surface area contributed by atoms with Gasteiger partial charge in [-0.3, -0.25) is 0 Å². The first-order valence-electron chi connectivity index (χ1n) is 8.33. The number of fused-ring (bicyclic) bond motifs is 1. The van der Waals surface area contributed by atoms with Crippen molar-refractivity contribution in [3.8, 4) is 5.75 Å². The molecule has 26 heavy (non-hydrogen) atoms. The molecule has 0 atom stereocenters. The van der Waals surface area contributed by atoms with Crippen molar-refractivity contribution in [2.75, 3.05) is 53.6 Å². The van der Waals surface area contributed by atoms with Crippen molar-refractivity contribution in [1.82, 2.24) is 5.32 Å².